The van der Waals surface area contributed by atoms with Crippen molar-refractivity contribution in [1.82, 2.24) is 0 Å². The predicted octanol–water partition coefficient (Wildman–Crippen LogP) is 5.34. The molecule has 96 valence electrons. The van der Waals surface area contributed by atoms with Crippen molar-refractivity contribution in [2.45, 2.75) is 18.8 Å². The Hall–Kier alpha value is -0.700. The molecule has 2 aromatic rings. The molecule has 0 bridgehead atoms. The summed E-state index contributed by atoms with van der Waals surface area (Å²) in [6.07, 6.45) is 0. The Morgan fingerprint density at radius 2 is 2.11 bits per heavy atom. The van der Waals surface area contributed by atoms with Gasteiger partial charge >= 0.3 is 0 Å². The molecule has 1 heterocycles. The zero-order chi connectivity index (χ0) is 13.1. The number of thiophene rings is 1. The molecule has 1 atom stereocenters. The molecule has 1 aromatic heterocycles. The molecule has 4 heteroatoms. The van der Waals surface area contributed by atoms with E-state index in [-0.39, 0.29) is 0 Å². The number of benzene rings is 1. The molecule has 18 heavy (non-hydrogen) atoms. The van der Waals surface area contributed by atoms with Gasteiger partial charge in [0.05, 0.1) is 16.8 Å². The van der Waals surface area contributed by atoms with Crippen LogP contribution in [0.4, 0.5) is 5.69 Å². The lowest BCUT2D eigenvalue weighted by Gasteiger charge is -2.27. The highest BCUT2D eigenvalue weighted by molar-refractivity contribution is 7.10. The molecule has 0 radical (unpaired) electrons. The lowest BCUT2D eigenvalue weighted by molar-refractivity contribution is 0.754. The lowest BCUT2D eigenvalue weighted by Crippen LogP contribution is -2.21. The van der Waals surface area contributed by atoms with E-state index in [9.17, 15) is 0 Å². The van der Waals surface area contributed by atoms with Crippen LogP contribution >= 0.6 is 34.5 Å². The Kier molecular flexibility index (Phi) is 4.55. The number of anilines is 1. The summed E-state index contributed by atoms with van der Waals surface area (Å²) in [7, 11) is 2.06. The number of hydrogen-bond acceptors (Lipinski definition) is 2. The van der Waals surface area contributed by atoms with E-state index in [1.807, 2.05) is 18.2 Å². The van der Waals surface area contributed by atoms with Gasteiger partial charge in [-0.3, -0.25) is 0 Å². The molecule has 1 aromatic carbocycles. The highest BCUT2D eigenvalue weighted by Gasteiger charge is 2.15. The van der Waals surface area contributed by atoms with Crippen LogP contribution in [0.3, 0.4) is 0 Å². The second-order valence-electron chi connectivity index (χ2n) is 4.22. The summed E-state index contributed by atoms with van der Waals surface area (Å²) >= 11 is 13.9. The fourth-order valence-corrected chi connectivity index (χ4v) is 3.18. The van der Waals surface area contributed by atoms with Crippen molar-refractivity contribution in [3.05, 3.63) is 51.2 Å². The summed E-state index contributed by atoms with van der Waals surface area (Å²) in [6, 6.07) is 10.5. The predicted molar refractivity (Wildman–Crippen MR) is 82.1 cm³/mol. The van der Waals surface area contributed by atoms with Gasteiger partial charge in [-0.1, -0.05) is 23.7 Å². The van der Waals surface area contributed by atoms with Gasteiger partial charge in [0.15, 0.2) is 0 Å². The van der Waals surface area contributed by atoms with Gasteiger partial charge in [-0.15, -0.1) is 22.9 Å². The molecule has 0 N–H and O–H groups in total. The maximum Gasteiger partial charge on any atom is 0.0642 e. The standard InChI is InChI=1S/C14H15Cl2NS/c1-10(14-4-3-7-18-14)17(2)13-6-5-11(9-15)8-12(13)16/h3-8,10H,9H2,1-2H3. The van der Waals surface area contributed by atoms with Gasteiger partial charge in [-0.05, 0) is 36.1 Å². The van der Waals surface area contributed by atoms with Crippen LogP contribution in [0.15, 0.2) is 35.7 Å². The summed E-state index contributed by atoms with van der Waals surface area (Å²) in [4.78, 5) is 3.52. The minimum absolute atomic E-state index is 0.310. The molecule has 2 rings (SSSR count). The fraction of sp³-hybridized carbons (Fsp3) is 0.286. The average Bonchev–Trinajstić information content (AvgIpc) is 2.90. The van der Waals surface area contributed by atoms with Gasteiger partial charge in [-0.25, -0.2) is 0 Å². The SMILES string of the molecule is CC(c1cccs1)N(C)c1ccc(CCl)cc1Cl. The van der Waals surface area contributed by atoms with Crippen molar-refractivity contribution >= 4 is 40.2 Å². The van der Waals surface area contributed by atoms with E-state index in [0.717, 1.165) is 16.3 Å². The number of halogens is 2. The van der Waals surface area contributed by atoms with Crippen molar-refractivity contribution in [2.75, 3.05) is 11.9 Å². The van der Waals surface area contributed by atoms with Gasteiger partial charge in [-0.2, -0.15) is 0 Å². The zero-order valence-electron chi connectivity index (χ0n) is 10.4. The van der Waals surface area contributed by atoms with Crippen molar-refractivity contribution in [3.63, 3.8) is 0 Å². The van der Waals surface area contributed by atoms with Gasteiger partial charge in [0, 0.05) is 17.8 Å². The van der Waals surface area contributed by atoms with Crippen LogP contribution in [-0.4, -0.2) is 7.05 Å². The Morgan fingerprint density at radius 1 is 1.33 bits per heavy atom. The molecule has 0 aliphatic carbocycles. The first kappa shape index (κ1) is 13.7. The summed E-state index contributed by atoms with van der Waals surface area (Å²) in [5.41, 5.74) is 2.08. The minimum Gasteiger partial charge on any atom is -0.366 e. The molecule has 1 nitrogen and oxygen atoms in total. The third-order valence-corrected chi connectivity index (χ3v) is 4.74. The Morgan fingerprint density at radius 3 is 2.67 bits per heavy atom. The Balaban J connectivity index is 2.26. The second-order valence-corrected chi connectivity index (χ2v) is 5.88. The molecule has 0 aliphatic rings. The Labute approximate surface area is 122 Å². The number of rotatable bonds is 4. The van der Waals surface area contributed by atoms with E-state index in [1.54, 1.807) is 11.3 Å². The number of nitrogens with zero attached hydrogens (tertiary/aromatic N) is 1. The summed E-state index contributed by atoms with van der Waals surface area (Å²) in [6.45, 7) is 2.18. The highest BCUT2D eigenvalue weighted by atomic mass is 35.5. The summed E-state index contributed by atoms with van der Waals surface area (Å²) < 4.78 is 0. The number of hydrogen-bond donors (Lipinski definition) is 0. The smallest absolute Gasteiger partial charge is 0.0642 e. The van der Waals surface area contributed by atoms with Crippen molar-refractivity contribution < 1.29 is 0 Å². The first-order valence-corrected chi connectivity index (χ1v) is 7.53. The summed E-state index contributed by atoms with van der Waals surface area (Å²) in [5, 5.41) is 2.84. The third kappa shape index (κ3) is 2.82. The molecule has 0 aliphatic heterocycles. The third-order valence-electron chi connectivity index (χ3n) is 3.08. The molecule has 0 saturated heterocycles. The maximum atomic E-state index is 6.31. The van der Waals surface area contributed by atoms with Gasteiger partial charge in [0.25, 0.3) is 0 Å². The van der Waals surface area contributed by atoms with E-state index in [2.05, 4.69) is 36.4 Å². The van der Waals surface area contributed by atoms with Crippen LogP contribution in [0.2, 0.25) is 5.02 Å². The van der Waals surface area contributed by atoms with E-state index >= 15 is 0 Å². The fourth-order valence-electron chi connectivity index (χ4n) is 1.85. The van der Waals surface area contributed by atoms with Crippen LogP contribution in [-0.2, 0) is 5.88 Å². The van der Waals surface area contributed by atoms with Crippen LogP contribution in [0.25, 0.3) is 0 Å². The quantitative estimate of drug-likeness (QED) is 0.689. The lowest BCUT2D eigenvalue weighted by atomic mass is 10.1. The first-order valence-electron chi connectivity index (χ1n) is 5.74. The monoisotopic (exact) mass is 299 g/mol. The molecule has 0 amide bonds. The van der Waals surface area contributed by atoms with Gasteiger partial charge in [0.2, 0.25) is 0 Å². The zero-order valence-corrected chi connectivity index (χ0v) is 12.7. The Bertz CT molecular complexity index is 511. The molecule has 0 spiro atoms. The highest BCUT2D eigenvalue weighted by Crippen LogP contribution is 2.33. The van der Waals surface area contributed by atoms with Crippen molar-refractivity contribution in [2.24, 2.45) is 0 Å². The normalized spacial score (nSPS) is 12.4. The first-order chi connectivity index (χ1) is 8.63. The van der Waals surface area contributed by atoms with Crippen LogP contribution < -0.4 is 4.90 Å². The van der Waals surface area contributed by atoms with Crippen LogP contribution in [0.5, 0.6) is 0 Å². The van der Waals surface area contributed by atoms with Gasteiger partial charge in [0.1, 0.15) is 0 Å². The molecule has 0 fully saturated rings. The van der Waals surface area contributed by atoms with Crippen LogP contribution in [0.1, 0.15) is 23.4 Å². The van der Waals surface area contributed by atoms with E-state index in [0.29, 0.717) is 11.9 Å². The number of alkyl halides is 1. The maximum absolute atomic E-state index is 6.31. The van der Waals surface area contributed by atoms with Crippen molar-refractivity contribution in [3.8, 4) is 0 Å². The second kappa shape index (κ2) is 5.96. The molecule has 0 saturated carbocycles. The van der Waals surface area contributed by atoms with E-state index < -0.39 is 0 Å². The van der Waals surface area contributed by atoms with Crippen LogP contribution in [0, 0.1) is 0 Å². The largest absolute Gasteiger partial charge is 0.366 e. The molecule has 1 unspecified atom stereocenters. The molecular formula is C14H15Cl2NS. The topological polar surface area (TPSA) is 3.24 Å². The summed E-state index contributed by atoms with van der Waals surface area (Å²) in [5.74, 6) is 0.490. The van der Waals surface area contributed by atoms with E-state index in [4.69, 9.17) is 23.2 Å². The van der Waals surface area contributed by atoms with Crippen molar-refractivity contribution in [1.29, 1.82) is 0 Å². The minimum atomic E-state index is 0.310. The van der Waals surface area contributed by atoms with E-state index in [1.165, 1.54) is 4.88 Å². The average molecular weight is 300 g/mol. The van der Waals surface area contributed by atoms with Gasteiger partial charge < -0.3 is 4.90 Å². The molecular weight excluding hydrogens is 285 g/mol.